The Morgan fingerprint density at radius 3 is 2.39 bits per heavy atom. The molecule has 98 valence electrons. The molecule has 0 atom stereocenters. The Kier molecular flexibility index (Phi) is 4.62. The van der Waals surface area contributed by atoms with Crippen LogP contribution in [0.25, 0.3) is 0 Å². The van der Waals surface area contributed by atoms with Crippen molar-refractivity contribution in [1.29, 1.82) is 0 Å². The molecule has 0 aliphatic carbocycles. The van der Waals surface area contributed by atoms with E-state index in [1.165, 1.54) is 37.2 Å². The molecule has 1 aliphatic rings. The molecule has 2 rings (SSSR count). The Labute approximate surface area is 108 Å². The Bertz CT molecular complexity index is 380. The first kappa shape index (κ1) is 12.9. The molecule has 1 heterocycles. The van der Waals surface area contributed by atoms with E-state index in [9.17, 15) is 4.79 Å². The molecule has 1 saturated heterocycles. The summed E-state index contributed by atoms with van der Waals surface area (Å²) in [6.07, 6.45) is 5.59. The van der Waals surface area contributed by atoms with Gasteiger partial charge in [0.1, 0.15) is 0 Å². The smallest absolute Gasteiger partial charge is 0.303 e. The Morgan fingerprint density at radius 2 is 1.78 bits per heavy atom. The third kappa shape index (κ3) is 3.76. The second-order valence-corrected chi connectivity index (χ2v) is 4.96. The van der Waals surface area contributed by atoms with E-state index in [-0.39, 0.29) is 6.42 Å². The van der Waals surface area contributed by atoms with Crippen LogP contribution in [0.1, 0.15) is 37.7 Å². The van der Waals surface area contributed by atoms with Crippen molar-refractivity contribution >= 4 is 11.7 Å². The number of hydrogen-bond acceptors (Lipinski definition) is 2. The summed E-state index contributed by atoms with van der Waals surface area (Å²) in [7, 11) is 0. The number of unbranched alkanes of at least 4 members (excludes halogenated alkanes) is 1. The molecule has 0 aromatic heterocycles. The van der Waals surface area contributed by atoms with Crippen molar-refractivity contribution in [3.8, 4) is 0 Å². The maximum Gasteiger partial charge on any atom is 0.303 e. The second-order valence-electron chi connectivity index (χ2n) is 4.96. The van der Waals surface area contributed by atoms with Gasteiger partial charge in [0.2, 0.25) is 0 Å². The minimum absolute atomic E-state index is 0.284. The SMILES string of the molecule is O=C(O)CCCCc1ccc(N2CCCC2)cc1. The molecule has 1 aromatic carbocycles. The molecule has 1 aliphatic heterocycles. The highest BCUT2D eigenvalue weighted by Crippen LogP contribution is 2.21. The van der Waals surface area contributed by atoms with Gasteiger partial charge in [-0.25, -0.2) is 0 Å². The van der Waals surface area contributed by atoms with Crippen LogP contribution >= 0.6 is 0 Å². The molecule has 0 spiro atoms. The first-order valence-corrected chi connectivity index (χ1v) is 6.81. The maximum absolute atomic E-state index is 10.4. The Hall–Kier alpha value is -1.51. The summed E-state index contributed by atoms with van der Waals surface area (Å²) in [6.45, 7) is 2.36. The molecule has 18 heavy (non-hydrogen) atoms. The molecule has 1 fully saturated rings. The number of anilines is 1. The van der Waals surface area contributed by atoms with E-state index < -0.39 is 5.97 Å². The fourth-order valence-corrected chi connectivity index (χ4v) is 2.45. The van der Waals surface area contributed by atoms with Gasteiger partial charge in [-0.3, -0.25) is 4.79 Å². The van der Waals surface area contributed by atoms with E-state index in [0.29, 0.717) is 0 Å². The van der Waals surface area contributed by atoms with Crippen LogP contribution in [0.15, 0.2) is 24.3 Å². The summed E-state index contributed by atoms with van der Waals surface area (Å²) in [5.74, 6) is -0.695. The van der Waals surface area contributed by atoms with Gasteiger partial charge in [-0.15, -0.1) is 0 Å². The predicted octanol–water partition coefficient (Wildman–Crippen LogP) is 3.08. The highest BCUT2D eigenvalue weighted by molar-refractivity contribution is 5.66. The quantitative estimate of drug-likeness (QED) is 0.785. The lowest BCUT2D eigenvalue weighted by Crippen LogP contribution is -2.17. The number of rotatable bonds is 6. The average Bonchev–Trinajstić information content (AvgIpc) is 2.89. The van der Waals surface area contributed by atoms with Crippen molar-refractivity contribution in [2.24, 2.45) is 0 Å². The lowest BCUT2D eigenvalue weighted by molar-refractivity contribution is -0.137. The number of carboxylic acid groups (broad SMARTS) is 1. The van der Waals surface area contributed by atoms with E-state index in [2.05, 4.69) is 29.2 Å². The molecule has 3 nitrogen and oxygen atoms in total. The van der Waals surface area contributed by atoms with Crippen LogP contribution in [0.2, 0.25) is 0 Å². The third-order valence-corrected chi connectivity index (χ3v) is 3.51. The monoisotopic (exact) mass is 247 g/mol. The van der Waals surface area contributed by atoms with E-state index >= 15 is 0 Å². The number of carbonyl (C=O) groups is 1. The van der Waals surface area contributed by atoms with E-state index in [0.717, 1.165) is 19.3 Å². The van der Waals surface area contributed by atoms with Crippen LogP contribution in [0, 0.1) is 0 Å². The van der Waals surface area contributed by atoms with Gasteiger partial charge in [-0.05, 0) is 49.8 Å². The van der Waals surface area contributed by atoms with Crippen molar-refractivity contribution in [1.82, 2.24) is 0 Å². The topological polar surface area (TPSA) is 40.5 Å². The zero-order valence-corrected chi connectivity index (χ0v) is 10.8. The lowest BCUT2D eigenvalue weighted by atomic mass is 10.1. The van der Waals surface area contributed by atoms with Crippen molar-refractivity contribution in [2.75, 3.05) is 18.0 Å². The van der Waals surface area contributed by atoms with Crippen molar-refractivity contribution in [3.05, 3.63) is 29.8 Å². The van der Waals surface area contributed by atoms with Crippen LogP contribution in [0.5, 0.6) is 0 Å². The van der Waals surface area contributed by atoms with Gasteiger partial charge in [-0.2, -0.15) is 0 Å². The summed E-state index contributed by atoms with van der Waals surface area (Å²) in [4.78, 5) is 12.8. The molecule has 0 radical (unpaired) electrons. The second kappa shape index (κ2) is 6.43. The highest BCUT2D eigenvalue weighted by atomic mass is 16.4. The molecule has 0 amide bonds. The first-order chi connectivity index (χ1) is 8.75. The van der Waals surface area contributed by atoms with Crippen molar-refractivity contribution < 1.29 is 9.90 Å². The summed E-state index contributed by atoms with van der Waals surface area (Å²) < 4.78 is 0. The Morgan fingerprint density at radius 1 is 1.11 bits per heavy atom. The maximum atomic E-state index is 10.4. The summed E-state index contributed by atoms with van der Waals surface area (Å²) in [6, 6.07) is 8.73. The van der Waals surface area contributed by atoms with Crippen LogP contribution < -0.4 is 4.90 Å². The largest absolute Gasteiger partial charge is 0.481 e. The van der Waals surface area contributed by atoms with Crippen molar-refractivity contribution in [2.45, 2.75) is 38.5 Å². The van der Waals surface area contributed by atoms with Gasteiger partial charge >= 0.3 is 5.97 Å². The third-order valence-electron chi connectivity index (χ3n) is 3.51. The van der Waals surface area contributed by atoms with E-state index in [1.54, 1.807) is 0 Å². The van der Waals surface area contributed by atoms with E-state index in [1.807, 2.05) is 0 Å². The number of aliphatic carboxylic acids is 1. The molecule has 1 aromatic rings. The minimum atomic E-state index is -0.695. The lowest BCUT2D eigenvalue weighted by Gasteiger charge is -2.17. The molecule has 0 saturated carbocycles. The zero-order valence-electron chi connectivity index (χ0n) is 10.8. The van der Waals surface area contributed by atoms with Gasteiger partial charge in [0.25, 0.3) is 0 Å². The molecule has 1 N–H and O–H groups in total. The molecular formula is C15H21NO2. The van der Waals surface area contributed by atoms with Crippen molar-refractivity contribution in [3.63, 3.8) is 0 Å². The summed E-state index contributed by atoms with van der Waals surface area (Å²) >= 11 is 0. The number of hydrogen-bond donors (Lipinski definition) is 1. The van der Waals surface area contributed by atoms with Gasteiger partial charge in [0, 0.05) is 25.2 Å². The highest BCUT2D eigenvalue weighted by Gasteiger charge is 2.11. The van der Waals surface area contributed by atoms with Crippen LogP contribution in [-0.4, -0.2) is 24.2 Å². The Balaban J connectivity index is 1.78. The first-order valence-electron chi connectivity index (χ1n) is 6.81. The zero-order chi connectivity index (χ0) is 12.8. The standard InChI is InChI=1S/C15H21NO2/c17-15(18)6-2-1-5-13-7-9-14(10-8-13)16-11-3-4-12-16/h7-10H,1-6,11-12H2,(H,17,18). The van der Waals surface area contributed by atoms with Gasteiger partial charge in [0.05, 0.1) is 0 Å². The fraction of sp³-hybridized carbons (Fsp3) is 0.533. The summed E-state index contributed by atoms with van der Waals surface area (Å²) in [5, 5.41) is 8.56. The van der Waals surface area contributed by atoms with Crippen LogP contribution in [-0.2, 0) is 11.2 Å². The van der Waals surface area contributed by atoms with Gasteiger partial charge in [-0.1, -0.05) is 12.1 Å². The number of nitrogens with zero attached hydrogens (tertiary/aromatic N) is 1. The predicted molar refractivity (Wildman–Crippen MR) is 73.1 cm³/mol. The fourth-order valence-electron chi connectivity index (χ4n) is 2.45. The van der Waals surface area contributed by atoms with Gasteiger partial charge in [0.15, 0.2) is 0 Å². The summed E-state index contributed by atoms with van der Waals surface area (Å²) in [5.41, 5.74) is 2.63. The molecular weight excluding hydrogens is 226 g/mol. The molecule has 0 unspecified atom stereocenters. The number of carboxylic acids is 1. The normalized spacial score (nSPS) is 15.0. The van der Waals surface area contributed by atoms with Crippen LogP contribution in [0.3, 0.4) is 0 Å². The van der Waals surface area contributed by atoms with Gasteiger partial charge < -0.3 is 10.0 Å². The number of benzene rings is 1. The number of aryl methyl sites for hydroxylation is 1. The van der Waals surface area contributed by atoms with E-state index in [4.69, 9.17) is 5.11 Å². The average molecular weight is 247 g/mol. The minimum Gasteiger partial charge on any atom is -0.481 e. The van der Waals surface area contributed by atoms with Crippen LogP contribution in [0.4, 0.5) is 5.69 Å². The molecule has 0 bridgehead atoms. The molecule has 3 heteroatoms.